The first kappa shape index (κ1) is 10.1. The summed E-state index contributed by atoms with van der Waals surface area (Å²) in [7, 11) is 0. The van der Waals surface area contributed by atoms with Gasteiger partial charge in [-0.05, 0) is 37.0 Å². The summed E-state index contributed by atoms with van der Waals surface area (Å²) in [5.41, 5.74) is 5.99. The van der Waals surface area contributed by atoms with Crippen molar-refractivity contribution in [1.82, 2.24) is 0 Å². The molecule has 1 aliphatic carbocycles. The van der Waals surface area contributed by atoms with Crippen LogP contribution in [0.3, 0.4) is 0 Å². The summed E-state index contributed by atoms with van der Waals surface area (Å²) in [5.74, 6) is -1.67. The molecule has 15 heavy (non-hydrogen) atoms. The van der Waals surface area contributed by atoms with E-state index in [1.165, 1.54) is 12.1 Å². The number of hydrogen-bond acceptors (Lipinski definition) is 2. The largest absolute Gasteiger partial charge is 0.478 e. The van der Waals surface area contributed by atoms with Gasteiger partial charge in [0.15, 0.2) is 0 Å². The number of halogens is 1. The van der Waals surface area contributed by atoms with Gasteiger partial charge in [0.1, 0.15) is 5.82 Å². The highest BCUT2D eigenvalue weighted by Gasteiger charge is 2.37. The molecule has 1 fully saturated rings. The van der Waals surface area contributed by atoms with Crippen molar-refractivity contribution in [1.29, 1.82) is 0 Å². The fourth-order valence-corrected chi connectivity index (χ4v) is 1.95. The van der Waals surface area contributed by atoms with Gasteiger partial charge < -0.3 is 10.8 Å². The molecule has 2 rings (SSSR count). The SMILES string of the molecule is NC1(c2ccc(F)cc2C(=O)O)CCC1. The Bertz CT molecular complexity index is 413. The molecular formula is C11H12FNO2. The zero-order chi connectivity index (χ0) is 11.1. The quantitative estimate of drug-likeness (QED) is 0.781. The van der Waals surface area contributed by atoms with Crippen LogP contribution in [0.15, 0.2) is 18.2 Å². The van der Waals surface area contributed by atoms with Gasteiger partial charge >= 0.3 is 5.97 Å². The van der Waals surface area contributed by atoms with Gasteiger partial charge in [0.05, 0.1) is 5.56 Å². The van der Waals surface area contributed by atoms with Gasteiger partial charge in [-0.1, -0.05) is 6.07 Å². The number of hydrogen-bond donors (Lipinski definition) is 2. The van der Waals surface area contributed by atoms with Gasteiger partial charge in [0.25, 0.3) is 0 Å². The Labute approximate surface area is 86.7 Å². The molecule has 1 aromatic rings. The molecule has 80 valence electrons. The van der Waals surface area contributed by atoms with Crippen LogP contribution in [0.4, 0.5) is 4.39 Å². The van der Waals surface area contributed by atoms with Crippen molar-refractivity contribution >= 4 is 5.97 Å². The van der Waals surface area contributed by atoms with Crippen LogP contribution >= 0.6 is 0 Å². The minimum absolute atomic E-state index is 0.0165. The summed E-state index contributed by atoms with van der Waals surface area (Å²) in [6, 6.07) is 3.78. The molecule has 0 aromatic heterocycles. The monoisotopic (exact) mass is 209 g/mol. The first-order chi connectivity index (χ1) is 7.03. The molecule has 0 radical (unpaired) electrons. The van der Waals surface area contributed by atoms with Gasteiger partial charge in [-0.25, -0.2) is 9.18 Å². The lowest BCUT2D eigenvalue weighted by molar-refractivity contribution is 0.0690. The molecule has 3 nitrogen and oxygen atoms in total. The van der Waals surface area contributed by atoms with E-state index in [0.29, 0.717) is 5.56 Å². The van der Waals surface area contributed by atoms with Crippen LogP contribution in [0.1, 0.15) is 35.2 Å². The summed E-state index contributed by atoms with van der Waals surface area (Å²) >= 11 is 0. The molecule has 0 bridgehead atoms. The maximum Gasteiger partial charge on any atom is 0.336 e. The molecule has 1 aliphatic rings. The molecule has 0 aliphatic heterocycles. The minimum atomic E-state index is -1.12. The van der Waals surface area contributed by atoms with Crippen molar-refractivity contribution in [2.75, 3.05) is 0 Å². The van der Waals surface area contributed by atoms with Crippen molar-refractivity contribution in [3.63, 3.8) is 0 Å². The van der Waals surface area contributed by atoms with E-state index in [1.807, 2.05) is 0 Å². The zero-order valence-electron chi connectivity index (χ0n) is 8.16. The van der Waals surface area contributed by atoms with E-state index in [9.17, 15) is 9.18 Å². The van der Waals surface area contributed by atoms with Crippen molar-refractivity contribution in [2.45, 2.75) is 24.8 Å². The predicted octanol–water partition coefficient (Wildman–Crippen LogP) is 1.86. The van der Waals surface area contributed by atoms with E-state index >= 15 is 0 Å². The molecule has 1 aromatic carbocycles. The van der Waals surface area contributed by atoms with E-state index in [4.69, 9.17) is 10.8 Å². The molecule has 3 N–H and O–H groups in total. The minimum Gasteiger partial charge on any atom is -0.478 e. The molecule has 0 heterocycles. The molecule has 0 unspecified atom stereocenters. The maximum atomic E-state index is 12.9. The fraction of sp³-hybridized carbons (Fsp3) is 0.364. The Morgan fingerprint density at radius 1 is 1.47 bits per heavy atom. The zero-order valence-corrected chi connectivity index (χ0v) is 8.16. The number of carboxylic acid groups (broad SMARTS) is 1. The Balaban J connectivity index is 2.50. The second-order valence-corrected chi connectivity index (χ2v) is 4.00. The van der Waals surface area contributed by atoms with E-state index in [-0.39, 0.29) is 5.56 Å². The second-order valence-electron chi connectivity index (χ2n) is 4.00. The Morgan fingerprint density at radius 2 is 2.13 bits per heavy atom. The number of rotatable bonds is 2. The normalized spacial score (nSPS) is 18.3. The third kappa shape index (κ3) is 1.61. The predicted molar refractivity (Wildman–Crippen MR) is 53.1 cm³/mol. The Kier molecular flexibility index (Phi) is 2.23. The van der Waals surface area contributed by atoms with Crippen molar-refractivity contribution in [3.05, 3.63) is 35.1 Å². The Hall–Kier alpha value is -1.42. The van der Waals surface area contributed by atoms with Gasteiger partial charge in [0, 0.05) is 5.54 Å². The van der Waals surface area contributed by atoms with Crippen LogP contribution in [0.25, 0.3) is 0 Å². The number of carboxylic acids is 1. The third-order valence-corrected chi connectivity index (χ3v) is 2.99. The lowest BCUT2D eigenvalue weighted by Crippen LogP contribution is -2.44. The number of aromatic carboxylic acids is 1. The average molecular weight is 209 g/mol. The molecule has 4 heteroatoms. The smallest absolute Gasteiger partial charge is 0.336 e. The van der Waals surface area contributed by atoms with Crippen LogP contribution in [0.2, 0.25) is 0 Å². The van der Waals surface area contributed by atoms with Crippen LogP contribution in [-0.2, 0) is 5.54 Å². The topological polar surface area (TPSA) is 63.3 Å². The van der Waals surface area contributed by atoms with Gasteiger partial charge in [-0.2, -0.15) is 0 Å². The lowest BCUT2D eigenvalue weighted by Gasteiger charge is -2.39. The van der Waals surface area contributed by atoms with Crippen LogP contribution in [-0.4, -0.2) is 11.1 Å². The molecular weight excluding hydrogens is 197 g/mol. The second kappa shape index (κ2) is 3.31. The van der Waals surface area contributed by atoms with Gasteiger partial charge in [0.2, 0.25) is 0 Å². The summed E-state index contributed by atoms with van der Waals surface area (Å²) in [6.07, 6.45) is 2.52. The molecule has 0 saturated heterocycles. The van der Waals surface area contributed by atoms with Crippen molar-refractivity contribution in [2.24, 2.45) is 5.73 Å². The van der Waals surface area contributed by atoms with E-state index in [0.717, 1.165) is 25.3 Å². The summed E-state index contributed by atoms with van der Waals surface area (Å²) in [4.78, 5) is 10.9. The Morgan fingerprint density at radius 3 is 2.60 bits per heavy atom. The number of benzene rings is 1. The first-order valence-electron chi connectivity index (χ1n) is 4.85. The van der Waals surface area contributed by atoms with Crippen molar-refractivity contribution in [3.8, 4) is 0 Å². The van der Waals surface area contributed by atoms with Crippen molar-refractivity contribution < 1.29 is 14.3 Å². The van der Waals surface area contributed by atoms with E-state index in [2.05, 4.69) is 0 Å². The number of nitrogens with two attached hydrogens (primary N) is 1. The van der Waals surface area contributed by atoms with Crippen LogP contribution < -0.4 is 5.73 Å². The third-order valence-electron chi connectivity index (χ3n) is 2.99. The van der Waals surface area contributed by atoms with Crippen LogP contribution in [0, 0.1) is 5.82 Å². The fourth-order valence-electron chi connectivity index (χ4n) is 1.95. The van der Waals surface area contributed by atoms with E-state index in [1.54, 1.807) is 0 Å². The highest BCUT2D eigenvalue weighted by atomic mass is 19.1. The number of carbonyl (C=O) groups is 1. The molecule has 0 atom stereocenters. The lowest BCUT2D eigenvalue weighted by atomic mass is 9.71. The van der Waals surface area contributed by atoms with Gasteiger partial charge in [-0.15, -0.1) is 0 Å². The standard InChI is InChI=1S/C11H12FNO2/c12-7-2-3-9(8(6-7)10(14)15)11(13)4-1-5-11/h2-3,6H,1,4-5,13H2,(H,14,15). The first-order valence-corrected chi connectivity index (χ1v) is 4.85. The maximum absolute atomic E-state index is 12.9. The summed E-state index contributed by atoms with van der Waals surface area (Å²) in [6.45, 7) is 0. The average Bonchev–Trinajstić information content (AvgIpc) is 2.14. The molecule has 0 amide bonds. The molecule has 1 saturated carbocycles. The highest BCUT2D eigenvalue weighted by Crippen LogP contribution is 2.40. The highest BCUT2D eigenvalue weighted by molar-refractivity contribution is 5.90. The van der Waals surface area contributed by atoms with Gasteiger partial charge in [-0.3, -0.25) is 0 Å². The molecule has 0 spiro atoms. The summed E-state index contributed by atoms with van der Waals surface area (Å²) < 4.78 is 12.9. The summed E-state index contributed by atoms with van der Waals surface area (Å²) in [5, 5.41) is 8.95. The van der Waals surface area contributed by atoms with Crippen LogP contribution in [0.5, 0.6) is 0 Å². The van der Waals surface area contributed by atoms with E-state index < -0.39 is 17.3 Å².